The van der Waals surface area contributed by atoms with Crippen LogP contribution in [0.1, 0.15) is 16.7 Å². The predicted octanol–water partition coefficient (Wildman–Crippen LogP) is 6.37. The van der Waals surface area contributed by atoms with Crippen LogP contribution in [0.5, 0.6) is 5.75 Å². The molecule has 1 amide bonds. The predicted molar refractivity (Wildman–Crippen MR) is 148 cm³/mol. The smallest absolute Gasteiger partial charge is 0.264 e. The summed E-state index contributed by atoms with van der Waals surface area (Å²) in [6, 6.07) is 28.1. The maximum absolute atomic E-state index is 13.5. The number of hydrogen-bond donors (Lipinski definition) is 1. The molecule has 4 aromatic carbocycles. The minimum Gasteiger partial charge on any atom is -0.489 e. The Balaban J connectivity index is 1.50. The Bertz CT molecular complexity index is 1470. The highest BCUT2D eigenvalue weighted by Crippen LogP contribution is 2.28. The van der Waals surface area contributed by atoms with Gasteiger partial charge in [0.05, 0.1) is 10.6 Å². The van der Waals surface area contributed by atoms with Crippen molar-refractivity contribution in [1.82, 2.24) is 0 Å². The van der Waals surface area contributed by atoms with Gasteiger partial charge in [-0.05, 0) is 73.5 Å². The molecule has 0 aliphatic heterocycles. The topological polar surface area (TPSA) is 75.7 Å². The summed E-state index contributed by atoms with van der Waals surface area (Å²) in [6.45, 7) is 3.70. The first kappa shape index (κ1) is 26.3. The molecule has 0 saturated carbocycles. The van der Waals surface area contributed by atoms with E-state index in [0.717, 1.165) is 21.0 Å². The van der Waals surface area contributed by atoms with E-state index in [1.165, 1.54) is 12.1 Å². The zero-order chi connectivity index (χ0) is 26.4. The van der Waals surface area contributed by atoms with E-state index in [1.54, 1.807) is 54.6 Å². The summed E-state index contributed by atoms with van der Waals surface area (Å²) in [6.07, 6.45) is 0. The number of aryl methyl sites for hydroxylation is 2. The lowest BCUT2D eigenvalue weighted by molar-refractivity contribution is -0.114. The first-order chi connectivity index (χ1) is 17.7. The van der Waals surface area contributed by atoms with Gasteiger partial charge in [-0.15, -0.1) is 0 Å². The molecule has 37 heavy (non-hydrogen) atoms. The Morgan fingerprint density at radius 2 is 1.57 bits per heavy atom. The molecule has 6 nitrogen and oxygen atoms in total. The van der Waals surface area contributed by atoms with Gasteiger partial charge >= 0.3 is 0 Å². The number of anilines is 2. The Hall–Kier alpha value is -3.81. The Labute approximate surface area is 222 Å². The van der Waals surface area contributed by atoms with E-state index >= 15 is 0 Å². The summed E-state index contributed by atoms with van der Waals surface area (Å²) >= 11 is 6.29. The van der Waals surface area contributed by atoms with Crippen molar-refractivity contribution in [3.63, 3.8) is 0 Å². The molecule has 0 saturated heterocycles. The van der Waals surface area contributed by atoms with Gasteiger partial charge in [0.2, 0.25) is 5.91 Å². The fraction of sp³-hybridized carbons (Fsp3) is 0.138. The van der Waals surface area contributed by atoms with Crippen LogP contribution in [0.3, 0.4) is 0 Å². The second-order valence-corrected chi connectivity index (χ2v) is 10.9. The molecule has 0 spiro atoms. The van der Waals surface area contributed by atoms with Crippen molar-refractivity contribution in [1.29, 1.82) is 0 Å². The van der Waals surface area contributed by atoms with E-state index < -0.39 is 22.5 Å². The molecule has 0 fully saturated rings. The van der Waals surface area contributed by atoms with Crippen LogP contribution in [0, 0.1) is 13.8 Å². The molecule has 0 bridgehead atoms. The lowest BCUT2D eigenvalue weighted by Gasteiger charge is -2.24. The van der Waals surface area contributed by atoms with Gasteiger partial charge in [-0.3, -0.25) is 9.10 Å². The van der Waals surface area contributed by atoms with Gasteiger partial charge in [-0.2, -0.15) is 0 Å². The number of halogens is 1. The molecule has 0 aliphatic carbocycles. The first-order valence-electron chi connectivity index (χ1n) is 11.6. The molecule has 0 radical (unpaired) electrons. The average molecular weight is 535 g/mol. The maximum Gasteiger partial charge on any atom is 0.264 e. The number of carbonyl (C=O) groups excluding carboxylic acids is 1. The Kier molecular flexibility index (Phi) is 8.16. The molecular formula is C29H27ClN2O4S. The van der Waals surface area contributed by atoms with Crippen LogP contribution in [-0.4, -0.2) is 20.9 Å². The normalized spacial score (nSPS) is 11.1. The highest BCUT2D eigenvalue weighted by molar-refractivity contribution is 7.92. The second-order valence-electron chi connectivity index (χ2n) is 8.61. The number of nitrogens with one attached hydrogen (secondary N) is 1. The third kappa shape index (κ3) is 6.70. The number of nitrogens with zero attached hydrogens (tertiary/aromatic N) is 1. The number of ether oxygens (including phenoxy) is 1. The van der Waals surface area contributed by atoms with Gasteiger partial charge in [0.15, 0.2) is 0 Å². The molecule has 0 unspecified atom stereocenters. The van der Waals surface area contributed by atoms with Gasteiger partial charge in [0.25, 0.3) is 10.0 Å². The van der Waals surface area contributed by atoms with Crippen LogP contribution in [0.2, 0.25) is 5.02 Å². The number of carbonyl (C=O) groups is 1. The maximum atomic E-state index is 13.5. The molecule has 4 aromatic rings. The van der Waals surface area contributed by atoms with Crippen LogP contribution in [0.25, 0.3) is 0 Å². The van der Waals surface area contributed by atoms with Gasteiger partial charge in [0.1, 0.15) is 18.9 Å². The fourth-order valence-corrected chi connectivity index (χ4v) is 5.18. The molecule has 0 aromatic heterocycles. The quantitative estimate of drug-likeness (QED) is 0.271. The molecule has 190 valence electrons. The molecule has 0 heterocycles. The minimum absolute atomic E-state index is 0.0857. The summed E-state index contributed by atoms with van der Waals surface area (Å²) in [5, 5.41) is 3.18. The van der Waals surface area contributed by atoms with Gasteiger partial charge < -0.3 is 10.1 Å². The molecule has 8 heteroatoms. The van der Waals surface area contributed by atoms with Crippen molar-refractivity contribution in [2.24, 2.45) is 0 Å². The number of sulfonamides is 1. The standard InChI is InChI=1S/C29H27ClN2O4S/c1-21-8-16-27(17-9-21)37(34,35)32(25-13-10-22(2)28(30)18-25)19-29(33)31-24-11-14-26(15-12-24)36-20-23-6-4-3-5-7-23/h3-18H,19-20H2,1-2H3,(H,31,33). The number of amides is 1. The van der Waals surface area contributed by atoms with Crippen LogP contribution >= 0.6 is 11.6 Å². The first-order valence-corrected chi connectivity index (χ1v) is 13.5. The highest BCUT2D eigenvalue weighted by Gasteiger charge is 2.27. The summed E-state index contributed by atoms with van der Waals surface area (Å²) in [7, 11) is -4.03. The Morgan fingerprint density at radius 1 is 0.892 bits per heavy atom. The monoisotopic (exact) mass is 534 g/mol. The minimum atomic E-state index is -4.03. The van der Waals surface area contributed by atoms with Gasteiger partial charge in [-0.25, -0.2) is 8.42 Å². The van der Waals surface area contributed by atoms with Crippen molar-refractivity contribution in [2.45, 2.75) is 25.3 Å². The lowest BCUT2D eigenvalue weighted by atomic mass is 10.2. The van der Waals surface area contributed by atoms with Crippen molar-refractivity contribution in [3.8, 4) is 5.75 Å². The number of benzene rings is 4. The zero-order valence-corrected chi connectivity index (χ0v) is 22.1. The van der Waals surface area contributed by atoms with E-state index in [1.807, 2.05) is 44.2 Å². The van der Waals surface area contributed by atoms with Crippen molar-refractivity contribution in [3.05, 3.63) is 119 Å². The van der Waals surface area contributed by atoms with E-state index in [-0.39, 0.29) is 4.90 Å². The van der Waals surface area contributed by atoms with E-state index in [2.05, 4.69) is 5.32 Å². The van der Waals surface area contributed by atoms with Crippen molar-refractivity contribution < 1.29 is 17.9 Å². The molecule has 4 rings (SSSR count). The van der Waals surface area contributed by atoms with Crippen LogP contribution in [-0.2, 0) is 21.4 Å². The summed E-state index contributed by atoms with van der Waals surface area (Å²) in [5.74, 6) is 0.157. The van der Waals surface area contributed by atoms with Gasteiger partial charge in [-0.1, -0.05) is 65.7 Å². The summed E-state index contributed by atoms with van der Waals surface area (Å²) < 4.78 is 33.9. The third-order valence-electron chi connectivity index (χ3n) is 5.73. The van der Waals surface area contributed by atoms with Gasteiger partial charge in [0, 0.05) is 10.7 Å². The van der Waals surface area contributed by atoms with Crippen molar-refractivity contribution >= 4 is 38.9 Å². The second kappa shape index (κ2) is 11.5. The van der Waals surface area contributed by atoms with E-state index in [0.29, 0.717) is 28.8 Å². The summed E-state index contributed by atoms with van der Waals surface area (Å²) in [5.41, 5.74) is 3.60. The number of hydrogen-bond acceptors (Lipinski definition) is 4. The molecule has 0 atom stereocenters. The zero-order valence-electron chi connectivity index (χ0n) is 20.5. The number of rotatable bonds is 9. The van der Waals surface area contributed by atoms with Crippen LogP contribution < -0.4 is 14.4 Å². The van der Waals surface area contributed by atoms with Crippen LogP contribution in [0.4, 0.5) is 11.4 Å². The molecule has 0 aliphatic rings. The largest absolute Gasteiger partial charge is 0.489 e. The van der Waals surface area contributed by atoms with E-state index in [4.69, 9.17) is 16.3 Å². The third-order valence-corrected chi connectivity index (χ3v) is 7.92. The SMILES string of the molecule is Cc1ccc(S(=O)(=O)N(CC(=O)Nc2ccc(OCc3ccccc3)cc2)c2ccc(C)c(Cl)c2)cc1. The molecule has 1 N–H and O–H groups in total. The average Bonchev–Trinajstić information content (AvgIpc) is 2.89. The van der Waals surface area contributed by atoms with Crippen LogP contribution in [0.15, 0.2) is 102 Å². The molecular weight excluding hydrogens is 508 g/mol. The van der Waals surface area contributed by atoms with Crippen molar-refractivity contribution in [2.75, 3.05) is 16.2 Å². The lowest BCUT2D eigenvalue weighted by Crippen LogP contribution is -2.38. The van der Waals surface area contributed by atoms with E-state index in [9.17, 15) is 13.2 Å². The highest BCUT2D eigenvalue weighted by atomic mass is 35.5. The summed E-state index contributed by atoms with van der Waals surface area (Å²) in [4.78, 5) is 13.1. The fourth-order valence-electron chi connectivity index (χ4n) is 3.60. The Morgan fingerprint density at radius 3 is 2.22 bits per heavy atom.